The SMILES string of the molecule is CCOCc1cc(C(N)=O)nc(-c2ccccc2)n1. The number of hydrogen-bond donors (Lipinski definition) is 1. The molecule has 1 aromatic heterocycles. The van der Waals surface area contributed by atoms with Gasteiger partial charge in [0.05, 0.1) is 12.3 Å². The first-order valence-corrected chi connectivity index (χ1v) is 6.01. The summed E-state index contributed by atoms with van der Waals surface area (Å²) in [5, 5.41) is 0. The number of amides is 1. The maximum Gasteiger partial charge on any atom is 0.267 e. The van der Waals surface area contributed by atoms with Gasteiger partial charge in [0.15, 0.2) is 5.82 Å². The van der Waals surface area contributed by atoms with Gasteiger partial charge in [-0.3, -0.25) is 4.79 Å². The summed E-state index contributed by atoms with van der Waals surface area (Å²) in [4.78, 5) is 19.9. The summed E-state index contributed by atoms with van der Waals surface area (Å²) < 4.78 is 5.30. The van der Waals surface area contributed by atoms with Crippen LogP contribution in [0.2, 0.25) is 0 Å². The van der Waals surface area contributed by atoms with Crippen molar-refractivity contribution in [2.45, 2.75) is 13.5 Å². The molecule has 0 unspecified atom stereocenters. The Kier molecular flexibility index (Phi) is 4.20. The van der Waals surface area contributed by atoms with E-state index in [0.717, 1.165) is 5.56 Å². The Morgan fingerprint density at radius 2 is 2.00 bits per heavy atom. The average molecular weight is 257 g/mol. The number of carbonyl (C=O) groups excluding carboxylic acids is 1. The van der Waals surface area contributed by atoms with Gasteiger partial charge in [0.25, 0.3) is 5.91 Å². The van der Waals surface area contributed by atoms with E-state index in [4.69, 9.17) is 10.5 Å². The van der Waals surface area contributed by atoms with Gasteiger partial charge in [-0.25, -0.2) is 9.97 Å². The average Bonchev–Trinajstić information content (AvgIpc) is 2.45. The molecular formula is C14H15N3O2. The predicted octanol–water partition coefficient (Wildman–Crippen LogP) is 1.78. The molecule has 98 valence electrons. The van der Waals surface area contributed by atoms with Crippen LogP contribution in [0.25, 0.3) is 11.4 Å². The molecule has 19 heavy (non-hydrogen) atoms. The van der Waals surface area contributed by atoms with Crippen LogP contribution in [0.4, 0.5) is 0 Å². The second-order valence-corrected chi connectivity index (χ2v) is 3.94. The van der Waals surface area contributed by atoms with E-state index in [9.17, 15) is 4.79 Å². The van der Waals surface area contributed by atoms with Crippen LogP contribution in [-0.2, 0) is 11.3 Å². The summed E-state index contributed by atoms with van der Waals surface area (Å²) in [7, 11) is 0. The number of nitrogens with zero attached hydrogens (tertiary/aromatic N) is 2. The maximum atomic E-state index is 11.3. The van der Waals surface area contributed by atoms with Crippen molar-refractivity contribution in [2.24, 2.45) is 5.73 Å². The molecule has 1 aromatic carbocycles. The van der Waals surface area contributed by atoms with E-state index in [1.54, 1.807) is 6.07 Å². The minimum Gasteiger partial charge on any atom is -0.375 e. The highest BCUT2D eigenvalue weighted by molar-refractivity contribution is 5.91. The number of ether oxygens (including phenoxy) is 1. The first kappa shape index (κ1) is 13.2. The third-order valence-electron chi connectivity index (χ3n) is 2.52. The number of rotatable bonds is 5. The van der Waals surface area contributed by atoms with Crippen molar-refractivity contribution in [1.82, 2.24) is 9.97 Å². The lowest BCUT2D eigenvalue weighted by Crippen LogP contribution is -2.15. The summed E-state index contributed by atoms with van der Waals surface area (Å²) in [5.74, 6) is -0.0936. The van der Waals surface area contributed by atoms with E-state index in [2.05, 4.69) is 9.97 Å². The van der Waals surface area contributed by atoms with Gasteiger partial charge in [0.1, 0.15) is 5.69 Å². The van der Waals surface area contributed by atoms with Crippen LogP contribution < -0.4 is 5.73 Å². The molecule has 0 saturated carbocycles. The molecule has 0 aliphatic heterocycles. The van der Waals surface area contributed by atoms with Crippen LogP contribution in [0.3, 0.4) is 0 Å². The van der Waals surface area contributed by atoms with Crippen LogP contribution in [0.5, 0.6) is 0 Å². The Labute approximate surface area is 111 Å². The van der Waals surface area contributed by atoms with E-state index in [1.165, 1.54) is 0 Å². The van der Waals surface area contributed by atoms with Crippen LogP contribution in [0, 0.1) is 0 Å². The number of aromatic nitrogens is 2. The Morgan fingerprint density at radius 3 is 2.63 bits per heavy atom. The highest BCUT2D eigenvalue weighted by Gasteiger charge is 2.10. The zero-order chi connectivity index (χ0) is 13.7. The summed E-state index contributed by atoms with van der Waals surface area (Å²) >= 11 is 0. The van der Waals surface area contributed by atoms with Gasteiger partial charge in [0.2, 0.25) is 0 Å². The van der Waals surface area contributed by atoms with E-state index in [1.807, 2.05) is 37.3 Å². The summed E-state index contributed by atoms with van der Waals surface area (Å²) in [6.45, 7) is 2.81. The Hall–Kier alpha value is -2.27. The van der Waals surface area contributed by atoms with Gasteiger partial charge in [-0.2, -0.15) is 0 Å². The Balaban J connectivity index is 2.42. The summed E-state index contributed by atoms with van der Waals surface area (Å²) in [6.07, 6.45) is 0. The number of carbonyl (C=O) groups is 1. The zero-order valence-corrected chi connectivity index (χ0v) is 10.7. The lowest BCUT2D eigenvalue weighted by Gasteiger charge is -2.06. The molecule has 0 saturated heterocycles. The molecule has 2 aromatic rings. The fourth-order valence-corrected chi connectivity index (χ4v) is 1.62. The second kappa shape index (κ2) is 6.06. The third kappa shape index (κ3) is 3.35. The standard InChI is InChI=1S/C14H15N3O2/c1-2-19-9-11-8-12(13(15)18)17-14(16-11)10-6-4-3-5-7-10/h3-8H,2,9H2,1H3,(H2,15,18). The van der Waals surface area contributed by atoms with Gasteiger partial charge in [0, 0.05) is 12.2 Å². The lowest BCUT2D eigenvalue weighted by atomic mass is 10.2. The molecule has 0 fully saturated rings. The maximum absolute atomic E-state index is 11.3. The number of primary amides is 1. The number of benzene rings is 1. The lowest BCUT2D eigenvalue weighted by molar-refractivity contribution is 0.0994. The molecule has 2 rings (SSSR count). The van der Waals surface area contributed by atoms with Gasteiger partial charge in [-0.05, 0) is 13.0 Å². The molecule has 5 heteroatoms. The van der Waals surface area contributed by atoms with Crippen molar-refractivity contribution in [1.29, 1.82) is 0 Å². The molecule has 2 N–H and O–H groups in total. The molecule has 1 amide bonds. The molecule has 0 aliphatic carbocycles. The highest BCUT2D eigenvalue weighted by atomic mass is 16.5. The second-order valence-electron chi connectivity index (χ2n) is 3.94. The van der Waals surface area contributed by atoms with E-state index in [0.29, 0.717) is 24.7 Å². The highest BCUT2D eigenvalue weighted by Crippen LogP contribution is 2.15. The molecule has 0 spiro atoms. The largest absolute Gasteiger partial charge is 0.375 e. The van der Waals surface area contributed by atoms with Crippen LogP contribution in [-0.4, -0.2) is 22.5 Å². The van der Waals surface area contributed by atoms with Gasteiger partial charge in [-0.1, -0.05) is 30.3 Å². The quantitative estimate of drug-likeness (QED) is 0.885. The zero-order valence-electron chi connectivity index (χ0n) is 10.7. The van der Waals surface area contributed by atoms with Gasteiger partial charge >= 0.3 is 0 Å². The van der Waals surface area contributed by atoms with Crippen LogP contribution in [0.15, 0.2) is 36.4 Å². The summed E-state index contributed by atoms with van der Waals surface area (Å²) in [5.41, 5.74) is 6.97. The Morgan fingerprint density at radius 1 is 1.26 bits per heavy atom. The molecule has 5 nitrogen and oxygen atoms in total. The fourth-order valence-electron chi connectivity index (χ4n) is 1.62. The van der Waals surface area contributed by atoms with Crippen molar-refractivity contribution < 1.29 is 9.53 Å². The molecule has 0 radical (unpaired) electrons. The van der Waals surface area contributed by atoms with Gasteiger partial charge < -0.3 is 10.5 Å². The van der Waals surface area contributed by atoms with Gasteiger partial charge in [-0.15, -0.1) is 0 Å². The summed E-state index contributed by atoms with van der Waals surface area (Å²) in [6, 6.07) is 11.0. The number of nitrogens with two attached hydrogens (primary N) is 1. The number of hydrogen-bond acceptors (Lipinski definition) is 4. The molecule has 0 aliphatic rings. The van der Waals surface area contributed by atoms with Crippen molar-refractivity contribution in [3.8, 4) is 11.4 Å². The van der Waals surface area contributed by atoms with Crippen LogP contribution >= 0.6 is 0 Å². The van der Waals surface area contributed by atoms with Crippen molar-refractivity contribution in [3.63, 3.8) is 0 Å². The molecular weight excluding hydrogens is 242 g/mol. The molecule has 0 bridgehead atoms. The third-order valence-corrected chi connectivity index (χ3v) is 2.52. The van der Waals surface area contributed by atoms with Crippen molar-refractivity contribution in [3.05, 3.63) is 47.8 Å². The Bertz CT molecular complexity index is 570. The normalized spacial score (nSPS) is 10.4. The predicted molar refractivity (Wildman–Crippen MR) is 71.3 cm³/mol. The minimum atomic E-state index is -0.572. The monoisotopic (exact) mass is 257 g/mol. The van der Waals surface area contributed by atoms with E-state index in [-0.39, 0.29) is 5.69 Å². The van der Waals surface area contributed by atoms with E-state index >= 15 is 0 Å². The van der Waals surface area contributed by atoms with E-state index < -0.39 is 5.91 Å². The van der Waals surface area contributed by atoms with Crippen molar-refractivity contribution >= 4 is 5.91 Å². The topological polar surface area (TPSA) is 78.1 Å². The minimum absolute atomic E-state index is 0.198. The van der Waals surface area contributed by atoms with Crippen molar-refractivity contribution in [2.75, 3.05) is 6.61 Å². The first-order chi connectivity index (χ1) is 9.20. The fraction of sp³-hybridized carbons (Fsp3) is 0.214. The van der Waals surface area contributed by atoms with Crippen LogP contribution in [0.1, 0.15) is 23.1 Å². The molecule has 0 atom stereocenters. The molecule has 1 heterocycles. The first-order valence-electron chi connectivity index (χ1n) is 6.01. The smallest absolute Gasteiger partial charge is 0.267 e.